The van der Waals surface area contributed by atoms with Crippen molar-refractivity contribution in [3.63, 3.8) is 0 Å². The van der Waals surface area contributed by atoms with Crippen LogP contribution in [-0.4, -0.2) is 24.5 Å². The maximum Gasteiger partial charge on any atom is 0.132 e. The third-order valence-electron chi connectivity index (χ3n) is 26.0. The van der Waals surface area contributed by atoms with Crippen LogP contribution in [-0.2, 0) is 10.8 Å². The fourth-order valence-corrected chi connectivity index (χ4v) is 20.7. The molecule has 0 radical (unpaired) electrons. The molecule has 22 aromatic rings. The smallest absolute Gasteiger partial charge is 0.132 e. The maximum atomic E-state index is 9.64. The molecule has 8 nitrogen and oxygen atoms in total. The van der Waals surface area contributed by atoms with E-state index in [1.807, 2.05) is 36.4 Å². The summed E-state index contributed by atoms with van der Waals surface area (Å²) in [6, 6.07) is 149. The molecule has 26 rings (SSSR count). The number of nitriles is 1. The molecule has 0 N–H and O–H groups in total. The van der Waals surface area contributed by atoms with E-state index in [4.69, 9.17) is 29.4 Å². The van der Waals surface area contributed by atoms with Crippen molar-refractivity contribution in [2.45, 2.75) is 10.8 Å². The van der Waals surface area contributed by atoms with Gasteiger partial charge in [0.1, 0.15) is 23.0 Å². The Balaban J connectivity index is 0.000000135. The molecule has 0 saturated heterocycles. The molecule has 570 valence electrons. The van der Waals surface area contributed by atoms with E-state index < -0.39 is 10.8 Å². The van der Waals surface area contributed by atoms with Gasteiger partial charge in [-0.15, -0.1) is 0 Å². The molecule has 4 aromatic heterocycles. The van der Waals surface area contributed by atoms with Gasteiger partial charge in [0.25, 0.3) is 0 Å². The Labute approximate surface area is 708 Å². The Morgan fingerprint density at radius 2 is 0.610 bits per heavy atom. The zero-order valence-electron chi connectivity index (χ0n) is 66.3. The summed E-state index contributed by atoms with van der Waals surface area (Å²) >= 11 is 0. The Morgan fingerprint density at radius 1 is 0.220 bits per heavy atom. The lowest BCUT2D eigenvalue weighted by atomic mass is 9.66. The predicted molar refractivity (Wildman–Crippen MR) is 498 cm³/mol. The monoisotopic (exact) mass is 1560 g/mol. The van der Waals surface area contributed by atoms with E-state index in [2.05, 4.69) is 387 Å². The highest BCUT2D eigenvalue weighted by atomic mass is 16.5. The van der Waals surface area contributed by atoms with E-state index in [1.54, 1.807) is 0 Å². The standard InChI is InChI=1S/C58H35N3O.C57H33N3O/c1-3-16-36(17-4-1)56-57(37-18-5-2-6-19-37)61-52-33-39(30-31-51(52)60-56)38-20-15-21-40(32-38)55-45-34-44-41-22-7-9-24-46(41)58(49(44)35-43(45)42-23-8-12-27-50(42)59-55)47-25-10-13-28-53(47)62-54-29-14-11-26-48(54)58;58-34-35-24-29-53-45(30-35)42-16-3-8-21-52(42)60(53)39-27-25-36(26-28-39)37-12-11-13-38(31-37)56-46-32-44-40-14-1-4-17-47(40)57(50(44)33-43(46)41-15-2-7-20-51(41)59-56)48-18-5-9-22-54(48)61-55-23-10-6-19-49(55)57/h1-35H;1-33H. The van der Waals surface area contributed by atoms with E-state index in [9.17, 15) is 5.26 Å². The van der Waals surface area contributed by atoms with Crippen LogP contribution in [0.1, 0.15) is 50.1 Å². The summed E-state index contributed by atoms with van der Waals surface area (Å²) < 4.78 is 15.5. The second-order valence-electron chi connectivity index (χ2n) is 32.4. The number of rotatable bonds is 7. The van der Waals surface area contributed by atoms with Gasteiger partial charge in [-0.25, -0.2) is 19.9 Å². The number of hydrogen-bond donors (Lipinski definition) is 0. The first-order chi connectivity index (χ1) is 60.9. The average molecular weight is 1570 g/mol. The molecule has 2 aliphatic carbocycles. The van der Waals surface area contributed by atoms with Crippen LogP contribution in [0.25, 0.3) is 171 Å². The van der Waals surface area contributed by atoms with Gasteiger partial charge >= 0.3 is 0 Å². The van der Waals surface area contributed by atoms with Crippen LogP contribution in [0.15, 0.2) is 413 Å². The van der Waals surface area contributed by atoms with E-state index >= 15 is 0 Å². The minimum Gasteiger partial charge on any atom is -0.457 e. The second-order valence-corrected chi connectivity index (χ2v) is 32.4. The molecule has 2 spiro atoms. The third-order valence-corrected chi connectivity index (χ3v) is 26.0. The SMILES string of the molecule is N#Cc1ccc2c(c1)c1ccccc1n2-c1ccc(-c2cccc(-c3nc4ccccc4c4cc5c(cc34)-c3ccccc3C53c4ccccc4Oc4ccccc43)c2)cc1.c1ccc(-c2nc3ccc(-c4cccc(-c5nc6ccccc6c6cc7c(cc56)-c5ccccc5C75c6ccccc6Oc6ccccc65)c4)cc3nc2-c2ccccc2)cc1. The first kappa shape index (κ1) is 69.6. The van der Waals surface area contributed by atoms with E-state index in [-0.39, 0.29) is 0 Å². The fraction of sp³-hybridized carbons (Fsp3) is 0.0174. The number of para-hydroxylation sites is 7. The zero-order chi connectivity index (χ0) is 81.0. The Hall–Kier alpha value is -16.5. The molecule has 2 aliphatic heterocycles. The lowest BCUT2D eigenvalue weighted by molar-refractivity contribution is 0.436. The maximum absolute atomic E-state index is 9.64. The molecule has 0 atom stereocenters. The number of hydrogen-bond acceptors (Lipinski definition) is 7. The van der Waals surface area contributed by atoms with E-state index in [0.29, 0.717) is 5.56 Å². The number of benzene rings is 18. The average Bonchev–Trinajstić information content (AvgIpc) is 1.53. The van der Waals surface area contributed by atoms with Gasteiger partial charge in [-0.3, -0.25) is 0 Å². The zero-order valence-corrected chi connectivity index (χ0v) is 66.3. The van der Waals surface area contributed by atoms with Crippen molar-refractivity contribution in [1.82, 2.24) is 24.5 Å². The van der Waals surface area contributed by atoms with Gasteiger partial charge in [0, 0.05) is 82.5 Å². The molecule has 8 heteroatoms. The van der Waals surface area contributed by atoms with Crippen LogP contribution in [0.2, 0.25) is 0 Å². The molecule has 18 aromatic carbocycles. The summed E-state index contributed by atoms with van der Waals surface area (Å²) in [6.07, 6.45) is 0. The molecule has 0 saturated carbocycles. The van der Waals surface area contributed by atoms with Gasteiger partial charge in [0.05, 0.1) is 78.3 Å². The Bertz CT molecular complexity index is 8200. The third kappa shape index (κ3) is 10.5. The molecule has 123 heavy (non-hydrogen) atoms. The first-order valence-electron chi connectivity index (χ1n) is 41.8. The van der Waals surface area contributed by atoms with Crippen molar-refractivity contribution in [2.24, 2.45) is 0 Å². The van der Waals surface area contributed by atoms with Crippen molar-refractivity contribution in [3.05, 3.63) is 463 Å². The van der Waals surface area contributed by atoms with Crippen LogP contribution in [0, 0.1) is 11.3 Å². The Morgan fingerprint density at radius 3 is 1.12 bits per heavy atom. The molecular formula is C115H68N6O2. The highest BCUT2D eigenvalue weighted by Crippen LogP contribution is 2.65. The summed E-state index contributed by atoms with van der Waals surface area (Å²) in [5, 5.41) is 18.7. The summed E-state index contributed by atoms with van der Waals surface area (Å²) in [5.41, 5.74) is 33.2. The van der Waals surface area contributed by atoms with Gasteiger partial charge in [0.15, 0.2) is 0 Å². The van der Waals surface area contributed by atoms with Gasteiger partial charge in [-0.05, 0) is 199 Å². The number of pyridine rings is 2. The largest absolute Gasteiger partial charge is 0.457 e. The van der Waals surface area contributed by atoms with Gasteiger partial charge < -0.3 is 14.0 Å². The highest BCUT2D eigenvalue weighted by Gasteiger charge is 2.53. The topological polar surface area (TPSA) is 98.7 Å². The van der Waals surface area contributed by atoms with Crippen LogP contribution in [0.5, 0.6) is 23.0 Å². The van der Waals surface area contributed by atoms with Crippen molar-refractivity contribution in [1.29, 1.82) is 5.26 Å². The number of aromatic nitrogens is 5. The van der Waals surface area contributed by atoms with Crippen molar-refractivity contribution in [3.8, 4) is 124 Å². The lowest BCUT2D eigenvalue weighted by Crippen LogP contribution is -2.32. The van der Waals surface area contributed by atoms with Crippen LogP contribution >= 0.6 is 0 Å². The summed E-state index contributed by atoms with van der Waals surface area (Å²) in [4.78, 5) is 21.4. The molecular weight excluding hydrogens is 1500 g/mol. The normalized spacial score (nSPS) is 13.1. The molecule has 0 fully saturated rings. The minimum atomic E-state index is -0.558. The lowest BCUT2D eigenvalue weighted by Gasteiger charge is -2.39. The van der Waals surface area contributed by atoms with Gasteiger partial charge in [0.2, 0.25) is 0 Å². The number of ether oxygens (including phenoxy) is 2. The Kier molecular flexibility index (Phi) is 15.5. The van der Waals surface area contributed by atoms with Gasteiger partial charge in [-0.2, -0.15) is 5.26 Å². The fourth-order valence-electron chi connectivity index (χ4n) is 20.7. The second kappa shape index (κ2) is 27.3. The first-order valence-corrected chi connectivity index (χ1v) is 41.8. The quantitative estimate of drug-likeness (QED) is 0.147. The summed E-state index contributed by atoms with van der Waals surface area (Å²) in [6.45, 7) is 0. The summed E-state index contributed by atoms with van der Waals surface area (Å²) in [7, 11) is 0. The molecule has 4 aliphatic rings. The molecule has 0 unspecified atom stereocenters. The van der Waals surface area contributed by atoms with Gasteiger partial charge in [-0.1, -0.05) is 291 Å². The van der Waals surface area contributed by atoms with E-state index in [1.165, 1.54) is 55.3 Å². The molecule has 0 amide bonds. The van der Waals surface area contributed by atoms with Crippen LogP contribution < -0.4 is 9.47 Å². The highest BCUT2D eigenvalue weighted by molar-refractivity contribution is 6.16. The van der Waals surface area contributed by atoms with Crippen molar-refractivity contribution < 1.29 is 9.47 Å². The number of fused-ring (bicyclic) bond motifs is 28. The van der Waals surface area contributed by atoms with Crippen LogP contribution in [0.3, 0.4) is 0 Å². The summed E-state index contributed by atoms with van der Waals surface area (Å²) in [5.74, 6) is 3.55. The predicted octanol–water partition coefficient (Wildman–Crippen LogP) is 28.6. The molecule has 0 bridgehead atoms. The number of nitrogens with zero attached hydrogens (tertiary/aromatic N) is 6. The minimum absolute atomic E-state index is 0.555. The van der Waals surface area contributed by atoms with Crippen molar-refractivity contribution >= 4 is 76.2 Å². The van der Waals surface area contributed by atoms with E-state index in [0.717, 1.165) is 184 Å². The van der Waals surface area contributed by atoms with Crippen molar-refractivity contribution in [2.75, 3.05) is 0 Å². The van der Waals surface area contributed by atoms with Crippen LogP contribution in [0.4, 0.5) is 0 Å². The molecule has 6 heterocycles.